The molecule has 0 aromatic heterocycles. The zero-order valence-corrected chi connectivity index (χ0v) is 10.4. The molecular weight excluding hydrogens is 224 g/mol. The van der Waals surface area contributed by atoms with Gasteiger partial charge in [-0.25, -0.2) is 0 Å². The molecular formula is C16H14O2. The summed E-state index contributed by atoms with van der Waals surface area (Å²) < 4.78 is 0. The van der Waals surface area contributed by atoms with Gasteiger partial charge in [-0.1, -0.05) is 48.5 Å². The van der Waals surface area contributed by atoms with E-state index in [0.29, 0.717) is 11.1 Å². The van der Waals surface area contributed by atoms with Crippen LogP contribution in [-0.4, -0.2) is 11.6 Å². The van der Waals surface area contributed by atoms with Gasteiger partial charge in [-0.05, 0) is 25.0 Å². The molecule has 0 atom stereocenters. The lowest BCUT2D eigenvalue weighted by Gasteiger charge is -2.06. The molecule has 0 fully saturated rings. The summed E-state index contributed by atoms with van der Waals surface area (Å²) in [7, 11) is 0. The number of carbonyl (C=O) groups excluding carboxylic acids is 2. The fraction of sp³-hybridized carbons (Fsp3) is 0.125. The third-order valence-corrected chi connectivity index (χ3v) is 3.09. The SMILES string of the molecule is Cc1cccc(C(=O)C(=O)c2ccccc2)c1C. The van der Waals surface area contributed by atoms with Crippen LogP contribution in [0.2, 0.25) is 0 Å². The van der Waals surface area contributed by atoms with E-state index in [4.69, 9.17) is 0 Å². The Hall–Kier alpha value is -2.22. The molecule has 0 amide bonds. The molecule has 90 valence electrons. The first kappa shape index (κ1) is 12.2. The van der Waals surface area contributed by atoms with E-state index in [2.05, 4.69) is 0 Å². The molecule has 2 aromatic carbocycles. The van der Waals surface area contributed by atoms with Crippen LogP contribution < -0.4 is 0 Å². The lowest BCUT2D eigenvalue weighted by atomic mass is 9.95. The van der Waals surface area contributed by atoms with E-state index >= 15 is 0 Å². The fourth-order valence-corrected chi connectivity index (χ4v) is 1.84. The average molecular weight is 238 g/mol. The van der Waals surface area contributed by atoms with Crippen LogP contribution in [0, 0.1) is 13.8 Å². The maximum absolute atomic E-state index is 12.2. The minimum absolute atomic E-state index is 0.434. The van der Waals surface area contributed by atoms with Crippen molar-refractivity contribution in [2.45, 2.75) is 13.8 Å². The summed E-state index contributed by atoms with van der Waals surface area (Å²) in [5.74, 6) is -0.897. The molecule has 2 aromatic rings. The number of ketones is 2. The fourth-order valence-electron chi connectivity index (χ4n) is 1.84. The molecule has 2 heteroatoms. The zero-order chi connectivity index (χ0) is 13.1. The van der Waals surface area contributed by atoms with Crippen molar-refractivity contribution in [3.63, 3.8) is 0 Å². The Morgan fingerprint density at radius 2 is 1.44 bits per heavy atom. The second-order valence-corrected chi connectivity index (χ2v) is 4.27. The summed E-state index contributed by atoms with van der Waals surface area (Å²) in [5.41, 5.74) is 2.81. The van der Waals surface area contributed by atoms with Crippen LogP contribution >= 0.6 is 0 Å². The Kier molecular flexibility index (Phi) is 3.38. The van der Waals surface area contributed by atoms with Gasteiger partial charge in [0.05, 0.1) is 0 Å². The molecule has 0 radical (unpaired) electrons. The van der Waals surface area contributed by atoms with Crippen molar-refractivity contribution >= 4 is 11.6 Å². The monoisotopic (exact) mass is 238 g/mol. The number of hydrogen-bond acceptors (Lipinski definition) is 2. The predicted molar refractivity (Wildman–Crippen MR) is 71.0 cm³/mol. The van der Waals surface area contributed by atoms with Gasteiger partial charge in [0.2, 0.25) is 11.6 Å². The van der Waals surface area contributed by atoms with E-state index in [-0.39, 0.29) is 0 Å². The minimum Gasteiger partial charge on any atom is -0.285 e. The van der Waals surface area contributed by atoms with E-state index in [1.165, 1.54) is 0 Å². The van der Waals surface area contributed by atoms with Crippen LogP contribution in [0.1, 0.15) is 31.8 Å². The highest BCUT2D eigenvalue weighted by Gasteiger charge is 2.19. The van der Waals surface area contributed by atoms with Crippen LogP contribution in [0.25, 0.3) is 0 Å². The molecule has 0 aliphatic heterocycles. The van der Waals surface area contributed by atoms with Crippen molar-refractivity contribution in [3.05, 3.63) is 70.8 Å². The minimum atomic E-state index is -0.454. The Morgan fingerprint density at radius 1 is 0.778 bits per heavy atom. The first-order valence-electron chi connectivity index (χ1n) is 5.81. The summed E-state index contributed by atoms with van der Waals surface area (Å²) in [6, 6.07) is 14.1. The van der Waals surface area contributed by atoms with Crippen LogP contribution in [0.4, 0.5) is 0 Å². The molecule has 2 rings (SSSR count). The molecule has 0 saturated heterocycles. The molecule has 0 unspecified atom stereocenters. The van der Waals surface area contributed by atoms with Gasteiger partial charge in [0.1, 0.15) is 0 Å². The highest BCUT2D eigenvalue weighted by atomic mass is 16.2. The van der Waals surface area contributed by atoms with Gasteiger partial charge in [-0.15, -0.1) is 0 Å². The van der Waals surface area contributed by atoms with Crippen molar-refractivity contribution in [2.75, 3.05) is 0 Å². The van der Waals surface area contributed by atoms with Crippen molar-refractivity contribution in [1.29, 1.82) is 0 Å². The predicted octanol–water partition coefficient (Wildman–Crippen LogP) is 3.37. The number of benzene rings is 2. The van der Waals surface area contributed by atoms with Gasteiger partial charge in [-0.3, -0.25) is 9.59 Å². The molecule has 0 saturated carbocycles. The standard InChI is InChI=1S/C16H14O2/c1-11-7-6-10-14(12(11)2)16(18)15(17)13-8-4-3-5-9-13/h3-10H,1-2H3. The quantitative estimate of drug-likeness (QED) is 0.607. The Balaban J connectivity index is 2.38. The maximum atomic E-state index is 12.2. The molecule has 0 heterocycles. The third-order valence-electron chi connectivity index (χ3n) is 3.09. The molecule has 18 heavy (non-hydrogen) atoms. The van der Waals surface area contributed by atoms with Crippen molar-refractivity contribution in [2.24, 2.45) is 0 Å². The van der Waals surface area contributed by atoms with Crippen LogP contribution in [-0.2, 0) is 0 Å². The van der Waals surface area contributed by atoms with Crippen molar-refractivity contribution in [1.82, 2.24) is 0 Å². The van der Waals surface area contributed by atoms with E-state index < -0.39 is 11.6 Å². The highest BCUT2D eigenvalue weighted by molar-refractivity contribution is 6.49. The first-order chi connectivity index (χ1) is 8.61. The topological polar surface area (TPSA) is 34.1 Å². The smallest absolute Gasteiger partial charge is 0.233 e. The number of Topliss-reactive ketones (excluding diaryl/α,β-unsaturated/α-hetero) is 2. The van der Waals surface area contributed by atoms with Crippen LogP contribution in [0.15, 0.2) is 48.5 Å². The lowest BCUT2D eigenvalue weighted by Crippen LogP contribution is -2.15. The molecule has 0 spiro atoms. The molecule has 0 aliphatic carbocycles. The molecule has 2 nitrogen and oxygen atoms in total. The molecule has 0 aliphatic rings. The summed E-state index contributed by atoms with van der Waals surface area (Å²) >= 11 is 0. The second-order valence-electron chi connectivity index (χ2n) is 4.27. The van der Waals surface area contributed by atoms with Gasteiger partial charge in [-0.2, -0.15) is 0 Å². The van der Waals surface area contributed by atoms with Crippen LogP contribution in [0.5, 0.6) is 0 Å². The lowest BCUT2D eigenvalue weighted by molar-refractivity contribution is 0.0816. The second kappa shape index (κ2) is 4.96. The summed E-state index contributed by atoms with van der Waals surface area (Å²) in [6.45, 7) is 3.79. The number of carbonyl (C=O) groups is 2. The zero-order valence-electron chi connectivity index (χ0n) is 10.4. The van der Waals surface area contributed by atoms with Crippen molar-refractivity contribution < 1.29 is 9.59 Å². The van der Waals surface area contributed by atoms with Crippen LogP contribution in [0.3, 0.4) is 0 Å². The molecule has 0 N–H and O–H groups in total. The van der Waals surface area contributed by atoms with Gasteiger partial charge in [0.15, 0.2) is 0 Å². The Morgan fingerprint density at radius 3 is 2.11 bits per heavy atom. The first-order valence-corrected chi connectivity index (χ1v) is 5.81. The summed E-state index contributed by atoms with van der Waals surface area (Å²) in [4.78, 5) is 24.2. The highest BCUT2D eigenvalue weighted by Crippen LogP contribution is 2.15. The third kappa shape index (κ3) is 2.23. The van der Waals surface area contributed by atoms with Gasteiger partial charge < -0.3 is 0 Å². The summed E-state index contributed by atoms with van der Waals surface area (Å²) in [6.07, 6.45) is 0. The largest absolute Gasteiger partial charge is 0.285 e. The van der Waals surface area contributed by atoms with E-state index in [1.807, 2.05) is 26.0 Å². The summed E-state index contributed by atoms with van der Waals surface area (Å²) in [5, 5.41) is 0. The van der Waals surface area contributed by atoms with Gasteiger partial charge in [0, 0.05) is 11.1 Å². The maximum Gasteiger partial charge on any atom is 0.233 e. The van der Waals surface area contributed by atoms with Gasteiger partial charge >= 0.3 is 0 Å². The van der Waals surface area contributed by atoms with E-state index in [9.17, 15) is 9.59 Å². The van der Waals surface area contributed by atoms with Gasteiger partial charge in [0.25, 0.3) is 0 Å². The number of aryl methyl sites for hydroxylation is 1. The van der Waals surface area contributed by atoms with Crippen molar-refractivity contribution in [3.8, 4) is 0 Å². The molecule has 0 bridgehead atoms. The van der Waals surface area contributed by atoms with E-state index in [1.54, 1.807) is 36.4 Å². The van der Waals surface area contributed by atoms with E-state index in [0.717, 1.165) is 11.1 Å². The number of rotatable bonds is 3. The Labute approximate surface area is 106 Å². The number of hydrogen-bond donors (Lipinski definition) is 0. The average Bonchev–Trinajstić information content (AvgIpc) is 2.41. The normalized spacial score (nSPS) is 10.1. The Bertz CT molecular complexity index is 598.